The number of unbranched alkanes of at least 4 members (excludes halogenated alkanes) is 1. The van der Waals surface area contributed by atoms with Crippen molar-refractivity contribution in [3.63, 3.8) is 0 Å². The molecule has 0 heterocycles. The van der Waals surface area contributed by atoms with Gasteiger partial charge in [0, 0.05) is 19.7 Å². The molecule has 0 aliphatic carbocycles. The molecule has 1 aromatic carbocycles. The zero-order valence-corrected chi connectivity index (χ0v) is 10.5. The highest BCUT2D eigenvalue weighted by atomic mass is 19.1. The highest BCUT2D eigenvalue weighted by Gasteiger charge is 2.03. The van der Waals surface area contributed by atoms with Crippen molar-refractivity contribution in [2.45, 2.75) is 12.8 Å². The van der Waals surface area contributed by atoms with Crippen molar-refractivity contribution in [3.8, 4) is 5.75 Å². The molecule has 1 N–H and O–H groups in total. The standard InChI is InChI=1S/C13H19F2NO2/c1-17-9-7-16-6-2-3-8-18-13-5-4-11(14)10-12(13)15/h4-5,10,16H,2-3,6-9H2,1H3. The second-order valence-electron chi connectivity index (χ2n) is 3.87. The number of ether oxygens (including phenoxy) is 2. The number of hydrogen-bond acceptors (Lipinski definition) is 3. The fourth-order valence-electron chi connectivity index (χ4n) is 1.43. The predicted octanol–water partition coefficient (Wildman–Crippen LogP) is 2.36. The van der Waals surface area contributed by atoms with Crippen LogP contribution in [0.15, 0.2) is 18.2 Å². The predicted molar refractivity (Wildman–Crippen MR) is 65.8 cm³/mol. The van der Waals surface area contributed by atoms with Crippen molar-refractivity contribution in [1.29, 1.82) is 0 Å². The molecule has 18 heavy (non-hydrogen) atoms. The minimum atomic E-state index is -0.659. The van der Waals surface area contributed by atoms with E-state index in [0.29, 0.717) is 13.2 Å². The van der Waals surface area contributed by atoms with Gasteiger partial charge in [-0.25, -0.2) is 8.78 Å². The molecular formula is C13H19F2NO2. The van der Waals surface area contributed by atoms with Gasteiger partial charge in [0.05, 0.1) is 13.2 Å². The first kappa shape index (κ1) is 14.9. The maximum absolute atomic E-state index is 13.2. The van der Waals surface area contributed by atoms with Gasteiger partial charge in [0.15, 0.2) is 11.6 Å². The van der Waals surface area contributed by atoms with Crippen molar-refractivity contribution in [2.75, 3.05) is 33.4 Å². The lowest BCUT2D eigenvalue weighted by atomic mass is 10.3. The van der Waals surface area contributed by atoms with Gasteiger partial charge < -0.3 is 14.8 Å². The lowest BCUT2D eigenvalue weighted by Gasteiger charge is -2.07. The fraction of sp³-hybridized carbons (Fsp3) is 0.538. The van der Waals surface area contributed by atoms with Crippen LogP contribution >= 0.6 is 0 Å². The molecule has 0 aliphatic rings. The van der Waals surface area contributed by atoms with Crippen molar-refractivity contribution in [2.24, 2.45) is 0 Å². The Morgan fingerprint density at radius 3 is 2.67 bits per heavy atom. The summed E-state index contributed by atoms with van der Waals surface area (Å²) in [4.78, 5) is 0. The van der Waals surface area contributed by atoms with Crippen LogP contribution in [0.2, 0.25) is 0 Å². The highest BCUT2D eigenvalue weighted by molar-refractivity contribution is 5.24. The van der Waals surface area contributed by atoms with E-state index in [-0.39, 0.29) is 5.75 Å². The second-order valence-corrected chi connectivity index (χ2v) is 3.87. The zero-order valence-electron chi connectivity index (χ0n) is 10.5. The summed E-state index contributed by atoms with van der Waals surface area (Å²) < 4.78 is 35.9. The summed E-state index contributed by atoms with van der Waals surface area (Å²) in [6.07, 6.45) is 1.75. The Morgan fingerprint density at radius 2 is 1.94 bits per heavy atom. The molecule has 1 aromatic rings. The molecule has 0 saturated heterocycles. The van der Waals surface area contributed by atoms with Gasteiger partial charge in [0.25, 0.3) is 0 Å². The first-order valence-corrected chi connectivity index (χ1v) is 6.01. The number of hydrogen-bond donors (Lipinski definition) is 1. The van der Waals surface area contributed by atoms with Gasteiger partial charge in [-0.05, 0) is 31.5 Å². The van der Waals surface area contributed by atoms with Crippen molar-refractivity contribution in [1.82, 2.24) is 5.32 Å². The molecule has 0 radical (unpaired) electrons. The Labute approximate surface area is 106 Å². The Morgan fingerprint density at radius 1 is 1.11 bits per heavy atom. The Kier molecular flexibility index (Phi) is 7.29. The van der Waals surface area contributed by atoms with Gasteiger partial charge in [-0.1, -0.05) is 0 Å². The topological polar surface area (TPSA) is 30.5 Å². The van der Waals surface area contributed by atoms with Gasteiger partial charge >= 0.3 is 0 Å². The molecular weight excluding hydrogens is 240 g/mol. The number of nitrogens with one attached hydrogen (secondary N) is 1. The van der Waals surface area contributed by atoms with Gasteiger partial charge in [-0.15, -0.1) is 0 Å². The van der Waals surface area contributed by atoms with E-state index in [1.165, 1.54) is 12.1 Å². The Balaban J connectivity index is 2.07. The van der Waals surface area contributed by atoms with E-state index in [0.717, 1.165) is 32.0 Å². The van der Waals surface area contributed by atoms with Gasteiger partial charge in [-0.2, -0.15) is 0 Å². The van der Waals surface area contributed by atoms with E-state index in [2.05, 4.69) is 5.32 Å². The molecule has 0 bridgehead atoms. The van der Waals surface area contributed by atoms with Gasteiger partial charge in [0.2, 0.25) is 0 Å². The number of halogens is 2. The van der Waals surface area contributed by atoms with Crippen molar-refractivity contribution in [3.05, 3.63) is 29.8 Å². The van der Waals surface area contributed by atoms with E-state index >= 15 is 0 Å². The summed E-state index contributed by atoms with van der Waals surface area (Å²) in [6, 6.07) is 3.31. The normalized spacial score (nSPS) is 10.6. The van der Waals surface area contributed by atoms with Crippen LogP contribution in [0.25, 0.3) is 0 Å². The smallest absolute Gasteiger partial charge is 0.167 e. The van der Waals surface area contributed by atoms with Crippen LogP contribution in [0.4, 0.5) is 8.78 Å². The van der Waals surface area contributed by atoms with E-state index < -0.39 is 11.6 Å². The monoisotopic (exact) mass is 259 g/mol. The van der Waals surface area contributed by atoms with Crippen LogP contribution < -0.4 is 10.1 Å². The maximum atomic E-state index is 13.2. The number of rotatable bonds is 9. The summed E-state index contributed by atoms with van der Waals surface area (Å²) in [7, 11) is 1.66. The summed E-state index contributed by atoms with van der Waals surface area (Å²) >= 11 is 0. The first-order chi connectivity index (χ1) is 8.74. The van der Waals surface area contributed by atoms with Gasteiger partial charge in [0.1, 0.15) is 5.82 Å². The third kappa shape index (κ3) is 5.93. The third-order valence-corrected chi connectivity index (χ3v) is 2.38. The summed E-state index contributed by atoms with van der Waals surface area (Å²) in [5, 5.41) is 3.20. The van der Waals surface area contributed by atoms with E-state index in [4.69, 9.17) is 9.47 Å². The molecule has 0 saturated carbocycles. The van der Waals surface area contributed by atoms with Crippen LogP contribution in [-0.2, 0) is 4.74 Å². The lowest BCUT2D eigenvalue weighted by molar-refractivity contribution is 0.199. The third-order valence-electron chi connectivity index (χ3n) is 2.38. The number of methoxy groups -OCH3 is 1. The molecule has 0 fully saturated rings. The highest BCUT2D eigenvalue weighted by Crippen LogP contribution is 2.17. The second kappa shape index (κ2) is 8.83. The van der Waals surface area contributed by atoms with E-state index in [9.17, 15) is 8.78 Å². The quantitative estimate of drug-likeness (QED) is 0.691. The molecule has 0 amide bonds. The Hall–Kier alpha value is -1.20. The van der Waals surface area contributed by atoms with Gasteiger partial charge in [-0.3, -0.25) is 0 Å². The SMILES string of the molecule is COCCNCCCCOc1ccc(F)cc1F. The largest absolute Gasteiger partial charge is 0.491 e. The molecule has 0 atom stereocenters. The lowest BCUT2D eigenvalue weighted by Crippen LogP contribution is -2.20. The summed E-state index contributed by atoms with van der Waals surface area (Å²) in [5.74, 6) is -1.15. The summed E-state index contributed by atoms with van der Waals surface area (Å²) in [5.41, 5.74) is 0. The van der Waals surface area contributed by atoms with Crippen molar-refractivity contribution >= 4 is 0 Å². The van der Waals surface area contributed by atoms with Crippen LogP contribution in [-0.4, -0.2) is 33.4 Å². The summed E-state index contributed by atoms with van der Waals surface area (Å²) in [6.45, 7) is 2.81. The average Bonchev–Trinajstić information content (AvgIpc) is 2.35. The minimum absolute atomic E-state index is 0.101. The maximum Gasteiger partial charge on any atom is 0.167 e. The average molecular weight is 259 g/mol. The van der Waals surface area contributed by atoms with Crippen molar-refractivity contribution < 1.29 is 18.3 Å². The zero-order chi connectivity index (χ0) is 13.2. The molecule has 3 nitrogen and oxygen atoms in total. The van der Waals surface area contributed by atoms with Crippen LogP contribution in [0.5, 0.6) is 5.75 Å². The van der Waals surface area contributed by atoms with E-state index in [1.807, 2.05) is 0 Å². The van der Waals surface area contributed by atoms with Crippen LogP contribution in [0, 0.1) is 11.6 Å². The molecule has 0 aromatic heterocycles. The molecule has 5 heteroatoms. The Bertz CT molecular complexity index is 348. The molecule has 0 aliphatic heterocycles. The number of benzene rings is 1. The van der Waals surface area contributed by atoms with E-state index in [1.54, 1.807) is 7.11 Å². The van der Waals surface area contributed by atoms with Crippen LogP contribution in [0.1, 0.15) is 12.8 Å². The minimum Gasteiger partial charge on any atom is -0.491 e. The molecule has 0 spiro atoms. The molecule has 0 unspecified atom stereocenters. The fourth-order valence-corrected chi connectivity index (χ4v) is 1.43. The first-order valence-electron chi connectivity index (χ1n) is 6.01. The van der Waals surface area contributed by atoms with Crippen LogP contribution in [0.3, 0.4) is 0 Å². The molecule has 102 valence electrons. The molecule has 1 rings (SSSR count).